The molecule has 0 aliphatic rings. The summed E-state index contributed by atoms with van der Waals surface area (Å²) in [5.41, 5.74) is 1.29. The number of thiophene rings is 1. The Kier molecular flexibility index (Phi) is 5.72. The lowest BCUT2D eigenvalue weighted by Gasteiger charge is -2.09. The van der Waals surface area contributed by atoms with Crippen LogP contribution in [-0.2, 0) is 11.2 Å². The number of nitrogens with one attached hydrogen (secondary N) is 2. The van der Waals surface area contributed by atoms with Gasteiger partial charge in [0.25, 0.3) is 5.91 Å². The standard InChI is InChI=1S/C17H20N2O2S/c1-12(2)11-18-17(21)13-5-7-14(8-6-13)19-16(20)10-15-4-3-9-22-15/h3-9,12H,10-11H2,1-2H3,(H,18,21)(H,19,20). The maximum atomic E-state index is 11.9. The van der Waals surface area contributed by atoms with Gasteiger partial charge in [0, 0.05) is 22.7 Å². The van der Waals surface area contributed by atoms with Crippen molar-refractivity contribution in [3.05, 3.63) is 52.2 Å². The van der Waals surface area contributed by atoms with Crippen molar-refractivity contribution < 1.29 is 9.59 Å². The molecule has 116 valence electrons. The Labute approximate surface area is 134 Å². The first-order chi connectivity index (χ1) is 10.5. The monoisotopic (exact) mass is 316 g/mol. The average molecular weight is 316 g/mol. The summed E-state index contributed by atoms with van der Waals surface area (Å²) in [7, 11) is 0. The fourth-order valence-corrected chi connectivity index (χ4v) is 2.58. The fourth-order valence-electron chi connectivity index (χ4n) is 1.88. The van der Waals surface area contributed by atoms with Gasteiger partial charge in [-0.2, -0.15) is 0 Å². The molecule has 2 amide bonds. The van der Waals surface area contributed by atoms with Crippen LogP contribution < -0.4 is 10.6 Å². The third kappa shape index (κ3) is 5.00. The lowest BCUT2D eigenvalue weighted by atomic mass is 10.1. The highest BCUT2D eigenvalue weighted by Crippen LogP contribution is 2.13. The highest BCUT2D eigenvalue weighted by atomic mass is 32.1. The van der Waals surface area contributed by atoms with Gasteiger partial charge in [-0.3, -0.25) is 9.59 Å². The molecule has 1 heterocycles. The lowest BCUT2D eigenvalue weighted by molar-refractivity contribution is -0.115. The van der Waals surface area contributed by atoms with Crippen molar-refractivity contribution in [1.29, 1.82) is 0 Å². The first-order valence-corrected chi connectivity index (χ1v) is 8.13. The average Bonchev–Trinajstić information content (AvgIpc) is 2.98. The molecular weight excluding hydrogens is 296 g/mol. The number of amides is 2. The van der Waals surface area contributed by atoms with E-state index in [1.54, 1.807) is 35.6 Å². The van der Waals surface area contributed by atoms with E-state index >= 15 is 0 Å². The number of carbonyl (C=O) groups is 2. The van der Waals surface area contributed by atoms with Crippen molar-refractivity contribution in [3.63, 3.8) is 0 Å². The zero-order chi connectivity index (χ0) is 15.9. The van der Waals surface area contributed by atoms with Crippen molar-refractivity contribution in [1.82, 2.24) is 5.32 Å². The smallest absolute Gasteiger partial charge is 0.251 e. The Morgan fingerprint density at radius 3 is 2.45 bits per heavy atom. The summed E-state index contributed by atoms with van der Waals surface area (Å²) in [5, 5.41) is 7.65. The number of anilines is 1. The number of hydrogen-bond acceptors (Lipinski definition) is 3. The van der Waals surface area contributed by atoms with Crippen molar-refractivity contribution in [2.45, 2.75) is 20.3 Å². The summed E-state index contributed by atoms with van der Waals surface area (Å²) in [6.45, 7) is 4.75. The molecule has 0 aliphatic heterocycles. The van der Waals surface area contributed by atoms with E-state index in [9.17, 15) is 9.59 Å². The third-order valence-corrected chi connectivity index (χ3v) is 3.89. The zero-order valence-electron chi connectivity index (χ0n) is 12.8. The maximum absolute atomic E-state index is 11.9. The van der Waals surface area contributed by atoms with Gasteiger partial charge >= 0.3 is 0 Å². The quantitative estimate of drug-likeness (QED) is 0.859. The van der Waals surface area contributed by atoms with Crippen LogP contribution in [-0.4, -0.2) is 18.4 Å². The molecule has 1 aromatic carbocycles. The van der Waals surface area contributed by atoms with Crippen LogP contribution in [0, 0.1) is 5.92 Å². The van der Waals surface area contributed by atoms with E-state index in [-0.39, 0.29) is 11.8 Å². The molecular formula is C17H20N2O2S. The molecule has 4 nitrogen and oxygen atoms in total. The van der Waals surface area contributed by atoms with Crippen LogP contribution in [0.25, 0.3) is 0 Å². The molecule has 0 bridgehead atoms. The Bertz CT molecular complexity index is 619. The van der Waals surface area contributed by atoms with Crippen LogP contribution in [0.1, 0.15) is 29.1 Å². The van der Waals surface area contributed by atoms with Crippen LogP contribution in [0.5, 0.6) is 0 Å². The topological polar surface area (TPSA) is 58.2 Å². The molecule has 0 unspecified atom stereocenters. The fraction of sp³-hybridized carbons (Fsp3) is 0.294. The van der Waals surface area contributed by atoms with Crippen molar-refractivity contribution in [2.75, 3.05) is 11.9 Å². The first kappa shape index (κ1) is 16.2. The molecule has 2 aromatic rings. The van der Waals surface area contributed by atoms with Crippen molar-refractivity contribution in [3.8, 4) is 0 Å². The number of benzene rings is 1. The second-order valence-electron chi connectivity index (χ2n) is 5.49. The normalized spacial score (nSPS) is 10.5. The van der Waals surface area contributed by atoms with E-state index in [1.165, 1.54) is 0 Å². The molecule has 2 N–H and O–H groups in total. The summed E-state index contributed by atoms with van der Waals surface area (Å²) in [4.78, 5) is 24.8. The van der Waals surface area contributed by atoms with E-state index in [0.29, 0.717) is 30.1 Å². The first-order valence-electron chi connectivity index (χ1n) is 7.25. The van der Waals surface area contributed by atoms with Crippen LogP contribution in [0.3, 0.4) is 0 Å². The minimum absolute atomic E-state index is 0.0561. The van der Waals surface area contributed by atoms with Crippen LogP contribution >= 0.6 is 11.3 Å². The van der Waals surface area contributed by atoms with Gasteiger partial charge in [0.1, 0.15) is 0 Å². The van der Waals surface area contributed by atoms with E-state index < -0.39 is 0 Å². The second kappa shape index (κ2) is 7.75. The summed E-state index contributed by atoms with van der Waals surface area (Å²) in [6, 6.07) is 10.8. The summed E-state index contributed by atoms with van der Waals surface area (Å²) < 4.78 is 0. The van der Waals surface area contributed by atoms with E-state index in [2.05, 4.69) is 10.6 Å². The van der Waals surface area contributed by atoms with Crippen molar-refractivity contribution in [2.24, 2.45) is 5.92 Å². The van der Waals surface area contributed by atoms with Gasteiger partial charge in [-0.1, -0.05) is 19.9 Å². The highest BCUT2D eigenvalue weighted by molar-refractivity contribution is 7.10. The molecule has 0 atom stereocenters. The van der Waals surface area contributed by atoms with Gasteiger partial charge in [-0.05, 0) is 41.6 Å². The largest absolute Gasteiger partial charge is 0.352 e. The van der Waals surface area contributed by atoms with Gasteiger partial charge in [-0.25, -0.2) is 0 Å². The SMILES string of the molecule is CC(C)CNC(=O)c1ccc(NC(=O)Cc2cccs2)cc1. The minimum Gasteiger partial charge on any atom is -0.352 e. The molecule has 0 fully saturated rings. The molecule has 0 radical (unpaired) electrons. The van der Waals surface area contributed by atoms with Crippen LogP contribution in [0.2, 0.25) is 0 Å². The van der Waals surface area contributed by atoms with Crippen LogP contribution in [0.15, 0.2) is 41.8 Å². The van der Waals surface area contributed by atoms with E-state index in [4.69, 9.17) is 0 Å². The van der Waals surface area contributed by atoms with Gasteiger partial charge in [0.2, 0.25) is 5.91 Å². The summed E-state index contributed by atoms with van der Waals surface area (Å²) >= 11 is 1.56. The predicted molar refractivity (Wildman–Crippen MR) is 90.3 cm³/mol. The molecule has 0 spiro atoms. The minimum atomic E-state index is -0.0924. The van der Waals surface area contributed by atoms with Gasteiger partial charge in [0.05, 0.1) is 6.42 Å². The Morgan fingerprint density at radius 1 is 1.14 bits per heavy atom. The van der Waals surface area contributed by atoms with E-state index in [0.717, 1.165) is 4.88 Å². The summed E-state index contributed by atoms with van der Waals surface area (Å²) in [5.74, 6) is 0.268. The lowest BCUT2D eigenvalue weighted by Crippen LogP contribution is -2.27. The molecule has 0 saturated carbocycles. The van der Waals surface area contributed by atoms with Gasteiger partial charge < -0.3 is 10.6 Å². The number of hydrogen-bond donors (Lipinski definition) is 2. The molecule has 22 heavy (non-hydrogen) atoms. The van der Waals surface area contributed by atoms with E-state index in [1.807, 2.05) is 31.4 Å². The molecule has 5 heteroatoms. The second-order valence-corrected chi connectivity index (χ2v) is 6.52. The molecule has 2 rings (SSSR count). The molecule has 1 aromatic heterocycles. The summed E-state index contributed by atoms with van der Waals surface area (Å²) in [6.07, 6.45) is 0.369. The third-order valence-electron chi connectivity index (χ3n) is 3.02. The van der Waals surface area contributed by atoms with Gasteiger partial charge in [-0.15, -0.1) is 11.3 Å². The Balaban J connectivity index is 1.88. The van der Waals surface area contributed by atoms with Crippen molar-refractivity contribution >= 4 is 28.8 Å². The molecule has 0 saturated heterocycles. The Morgan fingerprint density at radius 2 is 1.86 bits per heavy atom. The maximum Gasteiger partial charge on any atom is 0.251 e. The van der Waals surface area contributed by atoms with Gasteiger partial charge in [0.15, 0.2) is 0 Å². The molecule has 0 aliphatic carbocycles. The van der Waals surface area contributed by atoms with Crippen LogP contribution in [0.4, 0.5) is 5.69 Å². The zero-order valence-corrected chi connectivity index (χ0v) is 13.6. The number of carbonyl (C=O) groups excluding carboxylic acids is 2. The Hall–Kier alpha value is -2.14. The highest BCUT2D eigenvalue weighted by Gasteiger charge is 2.08. The number of rotatable bonds is 6. The predicted octanol–water partition coefficient (Wildman–Crippen LogP) is 3.32.